The van der Waals surface area contributed by atoms with Gasteiger partial charge in [0.2, 0.25) is 6.79 Å². The summed E-state index contributed by atoms with van der Waals surface area (Å²) < 4.78 is 54.9. The number of halogens is 1. The Hall–Kier alpha value is -4.16. The molecule has 11 nitrogen and oxygen atoms in total. The molecule has 0 unspecified atom stereocenters. The van der Waals surface area contributed by atoms with Crippen molar-refractivity contribution in [3.63, 3.8) is 0 Å². The predicted octanol–water partition coefficient (Wildman–Crippen LogP) is 3.44. The van der Waals surface area contributed by atoms with E-state index < -0.39 is 22.5 Å². The van der Waals surface area contributed by atoms with Crippen LogP contribution in [0, 0.1) is 0 Å². The number of nitrogens with one attached hydrogen (secondary N) is 1. The number of methoxy groups -OCH3 is 3. The molecule has 3 aromatic carbocycles. The predicted molar refractivity (Wildman–Crippen MR) is 140 cm³/mol. The minimum atomic E-state index is -4.32. The number of anilines is 1. The number of sulfonamides is 1. The van der Waals surface area contributed by atoms with Crippen molar-refractivity contribution in [1.29, 1.82) is 0 Å². The number of nitrogens with zero attached hydrogens (tertiary/aromatic N) is 2. The summed E-state index contributed by atoms with van der Waals surface area (Å²) in [4.78, 5) is 12.8. The van der Waals surface area contributed by atoms with Crippen LogP contribution in [0.4, 0.5) is 5.69 Å². The molecule has 200 valence electrons. The van der Waals surface area contributed by atoms with E-state index in [1.807, 2.05) is 0 Å². The van der Waals surface area contributed by atoms with Crippen molar-refractivity contribution in [1.82, 2.24) is 5.43 Å². The molecular weight excluding hydrogens is 538 g/mol. The number of ether oxygens (including phenoxy) is 5. The third kappa shape index (κ3) is 5.71. The van der Waals surface area contributed by atoms with Crippen molar-refractivity contribution < 1.29 is 36.9 Å². The van der Waals surface area contributed by atoms with Crippen LogP contribution in [-0.2, 0) is 14.8 Å². The molecule has 38 heavy (non-hydrogen) atoms. The van der Waals surface area contributed by atoms with Gasteiger partial charge in [0.05, 0.1) is 38.1 Å². The van der Waals surface area contributed by atoms with Crippen LogP contribution in [0.1, 0.15) is 5.56 Å². The minimum Gasteiger partial charge on any atom is -0.495 e. The summed E-state index contributed by atoms with van der Waals surface area (Å²) >= 11 is 6.17. The van der Waals surface area contributed by atoms with E-state index in [9.17, 15) is 13.2 Å². The number of hydrogen-bond donors (Lipinski definition) is 1. The largest absolute Gasteiger partial charge is 0.495 e. The lowest BCUT2D eigenvalue weighted by Crippen LogP contribution is -2.39. The topological polar surface area (TPSA) is 125 Å². The number of hydrazone groups is 1. The van der Waals surface area contributed by atoms with Crippen molar-refractivity contribution >= 4 is 39.4 Å². The second kappa shape index (κ2) is 11.5. The number of benzene rings is 3. The van der Waals surface area contributed by atoms with E-state index in [1.165, 1.54) is 57.9 Å². The smallest absolute Gasteiger partial charge is 0.265 e. The maximum absolute atomic E-state index is 13.8. The van der Waals surface area contributed by atoms with Crippen molar-refractivity contribution in [2.75, 3.05) is 39.0 Å². The number of amides is 1. The molecule has 4 rings (SSSR count). The first-order valence-electron chi connectivity index (χ1n) is 11.1. The molecule has 0 spiro atoms. The van der Waals surface area contributed by atoms with Gasteiger partial charge in [-0.2, -0.15) is 5.10 Å². The van der Waals surface area contributed by atoms with Crippen molar-refractivity contribution in [2.45, 2.75) is 4.90 Å². The normalized spacial score (nSPS) is 12.3. The Morgan fingerprint density at radius 1 is 0.974 bits per heavy atom. The highest BCUT2D eigenvalue weighted by atomic mass is 35.5. The quantitative estimate of drug-likeness (QED) is 0.295. The second-order valence-electron chi connectivity index (χ2n) is 7.75. The molecule has 0 saturated carbocycles. The maximum atomic E-state index is 13.8. The fourth-order valence-corrected chi connectivity index (χ4v) is 5.21. The second-order valence-corrected chi connectivity index (χ2v) is 10.0. The number of carbonyl (C=O) groups is 1. The van der Waals surface area contributed by atoms with Gasteiger partial charge in [-0.15, -0.1) is 0 Å². The highest BCUT2D eigenvalue weighted by Crippen LogP contribution is 2.37. The average molecular weight is 562 g/mol. The maximum Gasteiger partial charge on any atom is 0.265 e. The fraction of sp³-hybridized carbons (Fsp3) is 0.200. The zero-order valence-electron chi connectivity index (χ0n) is 20.6. The van der Waals surface area contributed by atoms with E-state index in [0.29, 0.717) is 22.8 Å². The van der Waals surface area contributed by atoms with Gasteiger partial charge in [0, 0.05) is 11.1 Å². The van der Waals surface area contributed by atoms with Gasteiger partial charge >= 0.3 is 0 Å². The lowest BCUT2D eigenvalue weighted by molar-refractivity contribution is -0.119. The molecule has 1 heterocycles. The lowest BCUT2D eigenvalue weighted by Gasteiger charge is -2.25. The SMILES string of the molecule is COc1ccc(S(=O)(=O)N(CC(=O)N/N=C\c2ccc3c(c2)OCO3)c2cc(Cl)ccc2OC)cc1OC. The first-order valence-corrected chi connectivity index (χ1v) is 12.9. The van der Waals surface area contributed by atoms with Gasteiger partial charge in [0.15, 0.2) is 23.0 Å². The number of hydrogen-bond acceptors (Lipinski definition) is 9. The number of carbonyl (C=O) groups excluding carboxylic acids is 1. The monoisotopic (exact) mass is 561 g/mol. The Kier molecular flexibility index (Phi) is 8.13. The Morgan fingerprint density at radius 3 is 2.42 bits per heavy atom. The Morgan fingerprint density at radius 2 is 1.68 bits per heavy atom. The Bertz CT molecular complexity index is 1480. The van der Waals surface area contributed by atoms with Crippen LogP contribution in [0.2, 0.25) is 5.02 Å². The molecule has 3 aromatic rings. The van der Waals surface area contributed by atoms with Crippen LogP contribution < -0.4 is 33.4 Å². The average Bonchev–Trinajstić information content (AvgIpc) is 3.39. The van der Waals surface area contributed by atoms with Crippen LogP contribution >= 0.6 is 11.6 Å². The molecule has 1 N–H and O–H groups in total. The Labute approximate surface area is 224 Å². The van der Waals surface area contributed by atoms with Gasteiger partial charge in [0.1, 0.15) is 12.3 Å². The van der Waals surface area contributed by atoms with E-state index >= 15 is 0 Å². The van der Waals surface area contributed by atoms with E-state index in [2.05, 4.69) is 10.5 Å². The number of rotatable bonds is 10. The van der Waals surface area contributed by atoms with Crippen LogP contribution in [0.3, 0.4) is 0 Å². The lowest BCUT2D eigenvalue weighted by atomic mass is 10.2. The minimum absolute atomic E-state index is 0.0599. The first-order chi connectivity index (χ1) is 18.3. The van der Waals surface area contributed by atoms with E-state index in [-0.39, 0.29) is 33.9 Å². The fourth-order valence-electron chi connectivity index (χ4n) is 3.60. The molecule has 0 aromatic heterocycles. The van der Waals surface area contributed by atoms with Gasteiger partial charge in [-0.1, -0.05) is 11.6 Å². The molecule has 1 aliphatic rings. The molecule has 0 saturated heterocycles. The van der Waals surface area contributed by atoms with Crippen LogP contribution in [0.15, 0.2) is 64.6 Å². The summed E-state index contributed by atoms with van der Waals surface area (Å²) in [6, 6.07) is 13.7. The van der Waals surface area contributed by atoms with Crippen molar-refractivity contribution in [2.24, 2.45) is 5.10 Å². The summed E-state index contributed by atoms with van der Waals surface area (Å²) in [5, 5.41) is 4.19. The van der Waals surface area contributed by atoms with Crippen LogP contribution in [0.25, 0.3) is 0 Å². The summed E-state index contributed by atoms with van der Waals surface area (Å²) in [7, 11) is -0.125. The van der Waals surface area contributed by atoms with Gasteiger partial charge < -0.3 is 23.7 Å². The third-order valence-corrected chi connectivity index (χ3v) is 7.43. The van der Waals surface area contributed by atoms with Crippen molar-refractivity contribution in [3.8, 4) is 28.7 Å². The van der Waals surface area contributed by atoms with Gasteiger partial charge in [0.25, 0.3) is 15.9 Å². The van der Waals surface area contributed by atoms with E-state index in [0.717, 1.165) is 4.31 Å². The standard InChI is InChI=1S/C25H24ClN3O8S/c1-33-20-8-5-17(26)11-19(20)29(38(31,32)18-6-9-21(34-2)23(12-18)35-3)14-25(30)28-27-13-16-4-7-22-24(10-16)37-15-36-22/h4-13H,14-15H2,1-3H3,(H,28,30)/b27-13-. The molecule has 0 radical (unpaired) electrons. The van der Waals surface area contributed by atoms with Crippen molar-refractivity contribution in [3.05, 3.63) is 65.2 Å². The first kappa shape index (κ1) is 26.9. The van der Waals surface area contributed by atoms with Gasteiger partial charge in [-0.3, -0.25) is 9.10 Å². The zero-order chi connectivity index (χ0) is 27.3. The molecule has 13 heteroatoms. The molecule has 0 fully saturated rings. The van der Waals surface area contributed by atoms with Crippen LogP contribution in [0.5, 0.6) is 28.7 Å². The van der Waals surface area contributed by atoms with Gasteiger partial charge in [-0.05, 0) is 54.1 Å². The summed E-state index contributed by atoms with van der Waals surface area (Å²) in [5.41, 5.74) is 3.05. The van der Waals surface area contributed by atoms with E-state index in [4.69, 9.17) is 35.3 Å². The van der Waals surface area contributed by atoms with Gasteiger partial charge in [-0.25, -0.2) is 13.8 Å². The molecule has 0 aliphatic carbocycles. The molecule has 1 amide bonds. The molecule has 1 aliphatic heterocycles. The summed E-state index contributed by atoms with van der Waals surface area (Å²) in [6.45, 7) is -0.504. The Balaban J connectivity index is 1.64. The molecule has 0 bridgehead atoms. The zero-order valence-corrected chi connectivity index (χ0v) is 22.2. The summed E-state index contributed by atoms with van der Waals surface area (Å²) in [6.07, 6.45) is 1.40. The third-order valence-electron chi connectivity index (χ3n) is 5.44. The highest BCUT2D eigenvalue weighted by Gasteiger charge is 2.30. The molecule has 0 atom stereocenters. The molecular formula is C25H24ClN3O8S. The highest BCUT2D eigenvalue weighted by molar-refractivity contribution is 7.92. The summed E-state index contributed by atoms with van der Waals surface area (Å²) in [5.74, 6) is 1.18. The van der Waals surface area contributed by atoms with E-state index in [1.54, 1.807) is 24.3 Å². The van der Waals surface area contributed by atoms with Crippen LogP contribution in [-0.4, -0.2) is 55.2 Å². The number of fused-ring (bicyclic) bond motifs is 1.